The predicted octanol–water partition coefficient (Wildman–Crippen LogP) is 5.85. The van der Waals surface area contributed by atoms with Gasteiger partial charge < -0.3 is 19.4 Å². The van der Waals surface area contributed by atoms with Crippen molar-refractivity contribution in [2.75, 3.05) is 49.6 Å². The number of rotatable bonds is 10. The minimum absolute atomic E-state index is 0.145. The Morgan fingerprint density at radius 3 is 2.65 bits per heavy atom. The van der Waals surface area contributed by atoms with E-state index in [9.17, 15) is 10.1 Å². The normalized spacial score (nSPS) is 19.2. The van der Waals surface area contributed by atoms with Gasteiger partial charge in [-0.15, -0.1) is 0 Å². The number of piperazine rings is 1. The maximum absolute atomic E-state index is 12.6. The number of aromatic nitrogens is 2. The van der Waals surface area contributed by atoms with Gasteiger partial charge in [0.2, 0.25) is 5.91 Å². The summed E-state index contributed by atoms with van der Waals surface area (Å²) in [4.78, 5) is 31.5. The van der Waals surface area contributed by atoms with Gasteiger partial charge in [-0.1, -0.05) is 62.7 Å². The van der Waals surface area contributed by atoms with Crippen LogP contribution in [0.3, 0.4) is 0 Å². The van der Waals surface area contributed by atoms with Gasteiger partial charge in [0, 0.05) is 54.9 Å². The van der Waals surface area contributed by atoms with Crippen molar-refractivity contribution in [2.24, 2.45) is 5.92 Å². The summed E-state index contributed by atoms with van der Waals surface area (Å²) >= 11 is 6.74. The summed E-state index contributed by atoms with van der Waals surface area (Å²) in [6.45, 7) is 11.7. The van der Waals surface area contributed by atoms with E-state index >= 15 is 0 Å². The van der Waals surface area contributed by atoms with Crippen LogP contribution in [0.4, 0.5) is 11.5 Å². The number of hydrogen-bond donors (Lipinski definition) is 0. The minimum atomic E-state index is -0.251. The first kappa shape index (κ1) is 32.1. The molecule has 2 aromatic carbocycles. The van der Waals surface area contributed by atoms with Gasteiger partial charge in [-0.2, -0.15) is 15.2 Å². The second-order valence-electron chi connectivity index (χ2n) is 13.1. The predicted molar refractivity (Wildman–Crippen MR) is 183 cm³/mol. The molecule has 2 atom stereocenters. The SMILES string of the molecule is C=CC(=O)N1CCN(c2nc(OC[C@H](C(C)C)N(C)C3CCC3)nc3c2CCN(c2cccc4cccc(Cl)c24)C3)CC1CC#N. The van der Waals surface area contributed by atoms with E-state index in [0.717, 1.165) is 51.5 Å². The highest BCUT2D eigenvalue weighted by molar-refractivity contribution is 6.36. The lowest BCUT2D eigenvalue weighted by Gasteiger charge is -2.42. The second kappa shape index (κ2) is 13.9. The molecule has 46 heavy (non-hydrogen) atoms. The molecule has 6 rings (SSSR count). The molecule has 0 spiro atoms. The summed E-state index contributed by atoms with van der Waals surface area (Å²) in [6, 6.07) is 15.6. The number of nitriles is 1. The zero-order chi connectivity index (χ0) is 32.4. The fourth-order valence-electron chi connectivity index (χ4n) is 7.20. The highest BCUT2D eigenvalue weighted by atomic mass is 35.5. The zero-order valence-electron chi connectivity index (χ0n) is 27.2. The second-order valence-corrected chi connectivity index (χ2v) is 13.5. The van der Waals surface area contributed by atoms with Gasteiger partial charge >= 0.3 is 6.01 Å². The van der Waals surface area contributed by atoms with Crippen molar-refractivity contribution in [3.63, 3.8) is 0 Å². The van der Waals surface area contributed by atoms with Crippen LogP contribution in [-0.4, -0.2) is 83.6 Å². The third-order valence-electron chi connectivity index (χ3n) is 10.1. The molecule has 1 aliphatic carbocycles. The molecule has 2 fully saturated rings. The Bertz CT molecular complexity index is 1630. The number of benzene rings is 2. The van der Waals surface area contributed by atoms with E-state index in [0.29, 0.717) is 50.8 Å². The molecular weight excluding hydrogens is 598 g/mol. The van der Waals surface area contributed by atoms with Gasteiger partial charge in [-0.25, -0.2) is 0 Å². The highest BCUT2D eigenvalue weighted by Crippen LogP contribution is 2.37. The van der Waals surface area contributed by atoms with E-state index in [1.165, 1.54) is 25.3 Å². The van der Waals surface area contributed by atoms with Gasteiger partial charge in [0.25, 0.3) is 0 Å². The van der Waals surface area contributed by atoms with Crippen molar-refractivity contribution in [2.45, 2.75) is 70.6 Å². The average molecular weight is 642 g/mol. The number of nitrogens with zero attached hydrogens (tertiary/aromatic N) is 7. The maximum Gasteiger partial charge on any atom is 0.318 e. The topological polar surface area (TPSA) is 88.8 Å². The monoisotopic (exact) mass is 641 g/mol. The molecule has 2 aliphatic heterocycles. The van der Waals surface area contributed by atoms with Crippen LogP contribution in [-0.2, 0) is 17.8 Å². The average Bonchev–Trinajstić information content (AvgIpc) is 3.03. The standard InChI is InChI=1S/C36H44ClN7O2/c1-5-33(45)44-20-19-43(21-27(44)15-17-38)35-28-16-18-42(31-14-7-10-25-9-6-13-29(37)34(25)31)22-30(28)39-36(40-35)46-23-32(24(2)3)41(4)26-11-8-12-26/h5-7,9-10,13-14,24,26-27,32H,1,8,11-12,15-16,18-23H2,2-4H3/t27?,32-/m1/s1. The summed E-state index contributed by atoms with van der Waals surface area (Å²) in [5.74, 6) is 1.11. The lowest BCUT2D eigenvalue weighted by atomic mass is 9.89. The molecule has 1 unspecified atom stereocenters. The molecule has 0 radical (unpaired) electrons. The van der Waals surface area contributed by atoms with E-state index in [2.05, 4.69) is 72.5 Å². The fourth-order valence-corrected chi connectivity index (χ4v) is 7.48. The fraction of sp³-hybridized carbons (Fsp3) is 0.500. The number of amides is 1. The van der Waals surface area contributed by atoms with E-state index in [1.54, 1.807) is 4.90 Å². The van der Waals surface area contributed by atoms with Gasteiger partial charge in [0.15, 0.2) is 0 Å². The highest BCUT2D eigenvalue weighted by Gasteiger charge is 2.34. The Balaban J connectivity index is 1.34. The van der Waals surface area contributed by atoms with Gasteiger partial charge in [0.1, 0.15) is 12.4 Å². The van der Waals surface area contributed by atoms with Crippen LogP contribution in [0.1, 0.15) is 50.8 Å². The zero-order valence-corrected chi connectivity index (χ0v) is 27.9. The lowest BCUT2D eigenvalue weighted by Crippen LogP contribution is -2.55. The summed E-state index contributed by atoms with van der Waals surface area (Å²) in [7, 11) is 2.21. The molecule has 3 heterocycles. The Hall–Kier alpha value is -3.87. The van der Waals surface area contributed by atoms with Crippen LogP contribution in [0.5, 0.6) is 6.01 Å². The first-order chi connectivity index (χ1) is 22.3. The van der Waals surface area contributed by atoms with Crippen LogP contribution < -0.4 is 14.5 Å². The number of carbonyl (C=O) groups excluding carboxylic acids is 1. The smallest absolute Gasteiger partial charge is 0.318 e. The number of carbonyl (C=O) groups is 1. The number of halogens is 1. The van der Waals surface area contributed by atoms with Gasteiger partial charge in [-0.05, 0) is 55.8 Å². The third-order valence-corrected chi connectivity index (χ3v) is 10.4. The number of likely N-dealkylation sites (N-methyl/N-ethyl adjacent to an activating group) is 1. The number of fused-ring (bicyclic) bond motifs is 2. The van der Waals surface area contributed by atoms with E-state index in [4.69, 9.17) is 26.3 Å². The Labute approximate surface area is 277 Å². The Morgan fingerprint density at radius 2 is 1.96 bits per heavy atom. The molecule has 9 nitrogen and oxygen atoms in total. The number of ether oxygens (including phenoxy) is 1. The van der Waals surface area contributed by atoms with Gasteiger partial charge in [-0.3, -0.25) is 9.69 Å². The van der Waals surface area contributed by atoms with Crippen LogP contribution in [0.15, 0.2) is 49.1 Å². The van der Waals surface area contributed by atoms with Crippen LogP contribution in [0.2, 0.25) is 5.02 Å². The van der Waals surface area contributed by atoms with Crippen molar-refractivity contribution in [1.29, 1.82) is 5.26 Å². The quantitative estimate of drug-likeness (QED) is 0.255. The first-order valence-corrected chi connectivity index (χ1v) is 16.9. The third kappa shape index (κ3) is 6.38. The largest absolute Gasteiger partial charge is 0.462 e. The molecule has 1 amide bonds. The van der Waals surface area contributed by atoms with E-state index < -0.39 is 0 Å². The minimum Gasteiger partial charge on any atom is -0.462 e. The van der Waals surface area contributed by atoms with Gasteiger partial charge in [0.05, 0.1) is 35.8 Å². The van der Waals surface area contributed by atoms with Crippen LogP contribution in [0.25, 0.3) is 10.8 Å². The van der Waals surface area contributed by atoms with Crippen molar-refractivity contribution in [3.8, 4) is 12.1 Å². The first-order valence-electron chi connectivity index (χ1n) is 16.5. The Kier molecular flexibility index (Phi) is 9.67. The molecule has 0 N–H and O–H groups in total. The molecule has 1 saturated heterocycles. The number of hydrogen-bond acceptors (Lipinski definition) is 8. The van der Waals surface area contributed by atoms with E-state index in [1.807, 2.05) is 12.1 Å². The van der Waals surface area contributed by atoms with Crippen LogP contribution >= 0.6 is 11.6 Å². The molecule has 3 aromatic rings. The van der Waals surface area contributed by atoms with E-state index in [-0.39, 0.29) is 24.4 Å². The molecule has 1 aromatic heterocycles. The number of anilines is 2. The van der Waals surface area contributed by atoms with Crippen LogP contribution in [0, 0.1) is 17.2 Å². The summed E-state index contributed by atoms with van der Waals surface area (Å²) < 4.78 is 6.49. The van der Waals surface area contributed by atoms with Crippen molar-refractivity contribution in [3.05, 3.63) is 65.3 Å². The molecule has 10 heteroatoms. The summed E-state index contributed by atoms with van der Waals surface area (Å²) in [5.41, 5.74) is 3.12. The molecule has 3 aliphatic rings. The molecule has 0 bridgehead atoms. The molecule has 1 saturated carbocycles. The summed E-state index contributed by atoms with van der Waals surface area (Å²) in [6.07, 6.45) is 6.08. The molecular formula is C36H44ClN7O2. The molecule has 242 valence electrons. The van der Waals surface area contributed by atoms with Crippen molar-refractivity contribution in [1.82, 2.24) is 19.8 Å². The van der Waals surface area contributed by atoms with Crippen molar-refractivity contribution >= 4 is 39.8 Å². The Morgan fingerprint density at radius 1 is 1.17 bits per heavy atom. The summed E-state index contributed by atoms with van der Waals surface area (Å²) in [5, 5.41) is 12.5. The maximum atomic E-state index is 12.6. The lowest BCUT2D eigenvalue weighted by molar-refractivity contribution is -0.128. The van der Waals surface area contributed by atoms with Crippen molar-refractivity contribution < 1.29 is 9.53 Å².